The van der Waals surface area contributed by atoms with Gasteiger partial charge in [0.2, 0.25) is 0 Å². The molecule has 1 unspecified atom stereocenters. The van der Waals surface area contributed by atoms with E-state index in [1.54, 1.807) is 19.2 Å². The molecule has 1 aromatic carbocycles. The van der Waals surface area contributed by atoms with Crippen LogP contribution in [0, 0.1) is 5.92 Å². The number of hydrogen-bond donors (Lipinski definition) is 1. The molecule has 1 heterocycles. The van der Waals surface area contributed by atoms with Crippen LogP contribution in [-0.4, -0.2) is 9.67 Å². The van der Waals surface area contributed by atoms with E-state index in [0.29, 0.717) is 17.9 Å². The second-order valence-electron chi connectivity index (χ2n) is 4.80. The van der Waals surface area contributed by atoms with Crippen molar-refractivity contribution in [2.75, 3.05) is 0 Å². The van der Waals surface area contributed by atoms with Gasteiger partial charge in [-0.1, -0.05) is 19.9 Å². The first-order chi connectivity index (χ1) is 7.99. The number of aliphatic hydroxyl groups is 1. The van der Waals surface area contributed by atoms with Crippen molar-refractivity contribution in [3.05, 3.63) is 34.3 Å². The summed E-state index contributed by atoms with van der Waals surface area (Å²) < 4.78 is 6.54. The number of rotatable bonds is 3. The zero-order valence-electron chi connectivity index (χ0n) is 10.3. The lowest BCUT2D eigenvalue weighted by Gasteiger charge is -2.12. The molecule has 0 aliphatic carbocycles. The Morgan fingerprint density at radius 3 is 2.76 bits per heavy atom. The third-order valence-electron chi connectivity index (χ3n) is 2.90. The Labute approximate surface area is 99.5 Å². The Morgan fingerprint density at radius 2 is 2.12 bits per heavy atom. The molecule has 0 saturated heterocycles. The number of fused-ring (bicyclic) bond motifs is 1. The van der Waals surface area contributed by atoms with Crippen LogP contribution in [0.4, 0.5) is 0 Å². The summed E-state index contributed by atoms with van der Waals surface area (Å²) in [6.07, 6.45) is 0.188. The van der Waals surface area contributed by atoms with E-state index >= 15 is 0 Å². The first-order valence-corrected chi connectivity index (χ1v) is 5.76. The lowest BCUT2D eigenvalue weighted by molar-refractivity contribution is 0.151. The van der Waals surface area contributed by atoms with Gasteiger partial charge in [-0.2, -0.15) is 0 Å². The molecule has 4 nitrogen and oxygen atoms in total. The van der Waals surface area contributed by atoms with Gasteiger partial charge in [0, 0.05) is 7.05 Å². The van der Waals surface area contributed by atoms with E-state index in [1.165, 1.54) is 4.57 Å². The molecule has 0 saturated carbocycles. The molecular formula is C13H17NO3. The summed E-state index contributed by atoms with van der Waals surface area (Å²) >= 11 is 0. The quantitative estimate of drug-likeness (QED) is 0.887. The molecule has 0 amide bonds. The highest BCUT2D eigenvalue weighted by Crippen LogP contribution is 2.24. The third kappa shape index (κ3) is 2.26. The summed E-state index contributed by atoms with van der Waals surface area (Å²) in [5, 5.41) is 10.00. The van der Waals surface area contributed by atoms with Crippen LogP contribution in [0.25, 0.3) is 11.1 Å². The highest BCUT2D eigenvalue weighted by Gasteiger charge is 2.13. The molecule has 0 radical (unpaired) electrons. The van der Waals surface area contributed by atoms with Crippen LogP contribution in [0.5, 0.6) is 0 Å². The molecule has 0 aliphatic heterocycles. The van der Waals surface area contributed by atoms with E-state index in [0.717, 1.165) is 11.1 Å². The molecule has 1 aromatic heterocycles. The largest absolute Gasteiger partial charge is 0.419 e. The molecule has 0 fully saturated rings. The van der Waals surface area contributed by atoms with Crippen LogP contribution in [0.1, 0.15) is 31.9 Å². The van der Waals surface area contributed by atoms with E-state index in [1.807, 2.05) is 6.07 Å². The lowest BCUT2D eigenvalue weighted by atomic mass is 9.99. The Morgan fingerprint density at radius 1 is 1.41 bits per heavy atom. The fraction of sp³-hybridized carbons (Fsp3) is 0.462. The SMILES string of the molecule is CC(C)CC(O)c1ccc2c(c1)oc(=O)n2C. The molecule has 2 rings (SSSR count). The van der Waals surface area contributed by atoms with Gasteiger partial charge in [-0.25, -0.2) is 4.79 Å². The molecule has 2 aromatic rings. The molecule has 0 bridgehead atoms. The molecule has 4 heteroatoms. The van der Waals surface area contributed by atoms with Crippen molar-refractivity contribution in [2.24, 2.45) is 13.0 Å². The number of aromatic nitrogens is 1. The Hall–Kier alpha value is -1.55. The maximum Gasteiger partial charge on any atom is 0.419 e. The Kier molecular flexibility index (Phi) is 3.07. The van der Waals surface area contributed by atoms with Crippen molar-refractivity contribution in [2.45, 2.75) is 26.4 Å². The van der Waals surface area contributed by atoms with Crippen LogP contribution in [0.15, 0.2) is 27.4 Å². The van der Waals surface area contributed by atoms with Crippen LogP contribution >= 0.6 is 0 Å². The average Bonchev–Trinajstić information content (AvgIpc) is 2.53. The summed E-state index contributed by atoms with van der Waals surface area (Å²) in [7, 11) is 1.67. The summed E-state index contributed by atoms with van der Waals surface area (Å²) in [6.45, 7) is 4.12. The first-order valence-electron chi connectivity index (χ1n) is 5.76. The van der Waals surface area contributed by atoms with E-state index in [2.05, 4.69) is 13.8 Å². The van der Waals surface area contributed by atoms with Crippen molar-refractivity contribution in [1.29, 1.82) is 0 Å². The van der Waals surface area contributed by atoms with Crippen molar-refractivity contribution in [3.63, 3.8) is 0 Å². The fourth-order valence-corrected chi connectivity index (χ4v) is 1.94. The maximum absolute atomic E-state index is 11.3. The van der Waals surface area contributed by atoms with Crippen molar-refractivity contribution < 1.29 is 9.52 Å². The molecule has 17 heavy (non-hydrogen) atoms. The van der Waals surface area contributed by atoms with Crippen molar-refractivity contribution >= 4 is 11.1 Å². The first kappa shape index (κ1) is 11.9. The highest BCUT2D eigenvalue weighted by atomic mass is 16.4. The van der Waals surface area contributed by atoms with Crippen molar-refractivity contribution in [3.8, 4) is 0 Å². The van der Waals surface area contributed by atoms with Gasteiger partial charge in [-0.15, -0.1) is 0 Å². The smallest absolute Gasteiger partial charge is 0.408 e. The standard InChI is InChI=1S/C13H17NO3/c1-8(2)6-11(15)9-4-5-10-12(7-9)17-13(16)14(10)3/h4-5,7-8,11,15H,6H2,1-3H3. The van der Waals surface area contributed by atoms with Gasteiger partial charge in [-0.05, 0) is 30.0 Å². The molecule has 0 spiro atoms. The van der Waals surface area contributed by atoms with Gasteiger partial charge in [-0.3, -0.25) is 4.57 Å². The molecule has 92 valence electrons. The summed E-state index contributed by atoms with van der Waals surface area (Å²) in [5.74, 6) is 0.0407. The second kappa shape index (κ2) is 4.37. The summed E-state index contributed by atoms with van der Waals surface area (Å²) in [6, 6.07) is 5.38. The van der Waals surface area contributed by atoms with Gasteiger partial charge in [0.1, 0.15) is 0 Å². The predicted octanol–water partition coefficient (Wildman–Crippen LogP) is 2.21. The van der Waals surface area contributed by atoms with Gasteiger partial charge >= 0.3 is 5.76 Å². The predicted molar refractivity (Wildman–Crippen MR) is 65.9 cm³/mol. The monoisotopic (exact) mass is 235 g/mol. The number of benzene rings is 1. The number of aliphatic hydroxyl groups excluding tert-OH is 1. The van der Waals surface area contributed by atoms with E-state index < -0.39 is 6.10 Å². The van der Waals surface area contributed by atoms with Crippen LogP contribution in [0.3, 0.4) is 0 Å². The third-order valence-corrected chi connectivity index (χ3v) is 2.90. The molecule has 1 atom stereocenters. The highest BCUT2D eigenvalue weighted by molar-refractivity contribution is 5.73. The van der Waals surface area contributed by atoms with Gasteiger partial charge in [0.25, 0.3) is 0 Å². The van der Waals surface area contributed by atoms with E-state index in [-0.39, 0.29) is 5.76 Å². The molecule has 0 aliphatic rings. The summed E-state index contributed by atoms with van der Waals surface area (Å²) in [5.41, 5.74) is 2.06. The average molecular weight is 235 g/mol. The topological polar surface area (TPSA) is 55.4 Å². The molecule has 1 N–H and O–H groups in total. The van der Waals surface area contributed by atoms with E-state index in [4.69, 9.17) is 4.42 Å². The van der Waals surface area contributed by atoms with Gasteiger partial charge in [0.15, 0.2) is 5.58 Å². The maximum atomic E-state index is 11.3. The molecular weight excluding hydrogens is 218 g/mol. The number of aryl methyl sites for hydroxylation is 1. The minimum absolute atomic E-state index is 0.379. The normalized spacial score (nSPS) is 13.5. The second-order valence-corrected chi connectivity index (χ2v) is 4.80. The van der Waals surface area contributed by atoms with Crippen LogP contribution in [-0.2, 0) is 7.05 Å². The number of nitrogens with zero attached hydrogens (tertiary/aromatic N) is 1. The van der Waals surface area contributed by atoms with Crippen LogP contribution < -0.4 is 5.76 Å². The van der Waals surface area contributed by atoms with Gasteiger partial charge < -0.3 is 9.52 Å². The van der Waals surface area contributed by atoms with Crippen LogP contribution in [0.2, 0.25) is 0 Å². The minimum atomic E-state index is -0.509. The fourth-order valence-electron chi connectivity index (χ4n) is 1.94. The Balaban J connectivity index is 2.41. The zero-order chi connectivity index (χ0) is 12.6. The number of oxazole rings is 1. The minimum Gasteiger partial charge on any atom is -0.408 e. The zero-order valence-corrected chi connectivity index (χ0v) is 10.3. The summed E-state index contributed by atoms with van der Waals surface area (Å²) in [4.78, 5) is 11.3. The van der Waals surface area contributed by atoms with Gasteiger partial charge in [0.05, 0.1) is 11.6 Å². The number of hydrogen-bond acceptors (Lipinski definition) is 3. The lowest BCUT2D eigenvalue weighted by Crippen LogP contribution is -2.08. The van der Waals surface area contributed by atoms with E-state index in [9.17, 15) is 9.90 Å². The van der Waals surface area contributed by atoms with Crippen molar-refractivity contribution in [1.82, 2.24) is 4.57 Å². The Bertz CT molecular complexity index is 580.